The summed E-state index contributed by atoms with van der Waals surface area (Å²) in [5.41, 5.74) is 3.70. The average Bonchev–Trinajstić information content (AvgIpc) is 2.68. The van der Waals surface area contributed by atoms with Gasteiger partial charge in [0, 0.05) is 29.3 Å². The van der Waals surface area contributed by atoms with Crippen molar-refractivity contribution in [1.29, 1.82) is 0 Å². The first kappa shape index (κ1) is 18.8. The predicted octanol–water partition coefficient (Wildman–Crippen LogP) is 4.24. The van der Waals surface area contributed by atoms with Crippen LogP contribution in [0.4, 0.5) is 0 Å². The van der Waals surface area contributed by atoms with E-state index in [1.807, 2.05) is 6.92 Å². The molecule has 1 fully saturated rings. The van der Waals surface area contributed by atoms with Crippen LogP contribution >= 0.6 is 0 Å². The molecule has 1 atom stereocenters. The molecule has 1 saturated carbocycles. The van der Waals surface area contributed by atoms with Crippen LogP contribution in [0, 0.1) is 0 Å². The van der Waals surface area contributed by atoms with Gasteiger partial charge in [0.1, 0.15) is 11.9 Å². The van der Waals surface area contributed by atoms with Gasteiger partial charge >= 0.3 is 5.97 Å². The molecule has 0 radical (unpaired) electrons. The standard InChI is InChI=1S/C23H27NO4/c1-14-20(23(27)28-17-6-3-2-4-7-17)21(15-10-12-16(25)13-11-15)22-18(24-14)8-5-9-19(22)26/h10-13,17,21,24-25H,2-9H2,1H3/t21-/m1/s1. The number of rotatable bonds is 3. The number of aromatic hydroxyl groups is 1. The lowest BCUT2D eigenvalue weighted by molar-refractivity contribution is -0.146. The molecule has 0 saturated heterocycles. The summed E-state index contributed by atoms with van der Waals surface area (Å²) in [6, 6.07) is 6.78. The molecule has 1 aromatic rings. The van der Waals surface area contributed by atoms with Crippen LogP contribution in [-0.2, 0) is 14.3 Å². The second-order valence-corrected chi connectivity index (χ2v) is 8.02. The first-order chi connectivity index (χ1) is 13.5. The number of benzene rings is 1. The zero-order chi connectivity index (χ0) is 19.7. The number of ether oxygens (including phenoxy) is 1. The second-order valence-electron chi connectivity index (χ2n) is 8.02. The zero-order valence-corrected chi connectivity index (χ0v) is 16.3. The summed E-state index contributed by atoms with van der Waals surface area (Å²) in [7, 11) is 0. The largest absolute Gasteiger partial charge is 0.508 e. The summed E-state index contributed by atoms with van der Waals surface area (Å²) in [5.74, 6) is -0.531. The number of hydrogen-bond acceptors (Lipinski definition) is 5. The van der Waals surface area contributed by atoms with Crippen molar-refractivity contribution in [2.45, 2.75) is 70.3 Å². The predicted molar refractivity (Wildman–Crippen MR) is 106 cm³/mol. The number of dihydropyridines is 1. The molecule has 0 bridgehead atoms. The topological polar surface area (TPSA) is 75.6 Å². The van der Waals surface area contributed by atoms with E-state index in [4.69, 9.17) is 4.74 Å². The highest BCUT2D eigenvalue weighted by atomic mass is 16.5. The maximum absolute atomic E-state index is 13.2. The lowest BCUT2D eigenvalue weighted by Crippen LogP contribution is -2.35. The summed E-state index contributed by atoms with van der Waals surface area (Å²) in [6.45, 7) is 1.88. The number of phenolic OH excluding ortho intramolecular Hbond substituents is 1. The Morgan fingerprint density at radius 2 is 1.79 bits per heavy atom. The molecule has 2 aliphatic carbocycles. The number of carbonyl (C=O) groups excluding carboxylic acids is 2. The molecular formula is C23H27NO4. The van der Waals surface area contributed by atoms with Crippen molar-refractivity contribution in [3.8, 4) is 5.75 Å². The average molecular weight is 381 g/mol. The molecule has 3 aliphatic rings. The van der Waals surface area contributed by atoms with Gasteiger partial charge in [0.05, 0.1) is 5.57 Å². The molecular weight excluding hydrogens is 354 g/mol. The van der Waals surface area contributed by atoms with Crippen molar-refractivity contribution in [3.63, 3.8) is 0 Å². The Balaban J connectivity index is 1.72. The maximum atomic E-state index is 13.2. The molecule has 1 aromatic carbocycles. The molecule has 5 heteroatoms. The molecule has 4 rings (SSSR count). The summed E-state index contributed by atoms with van der Waals surface area (Å²) in [6.07, 6.45) is 7.26. The maximum Gasteiger partial charge on any atom is 0.337 e. The van der Waals surface area contributed by atoms with Crippen molar-refractivity contribution in [2.75, 3.05) is 0 Å². The third-order valence-corrected chi connectivity index (χ3v) is 6.05. The lowest BCUT2D eigenvalue weighted by Gasteiger charge is -2.35. The first-order valence-corrected chi connectivity index (χ1v) is 10.3. The van der Waals surface area contributed by atoms with E-state index in [0.717, 1.165) is 55.5 Å². The highest BCUT2D eigenvalue weighted by Crippen LogP contribution is 2.43. The normalized spacial score (nSPS) is 23.3. The SMILES string of the molecule is CC1=C(C(=O)OC2CCCCC2)[C@@H](c2ccc(O)cc2)C2=C(CCCC2=O)N1. The summed E-state index contributed by atoms with van der Waals surface area (Å²) in [5, 5.41) is 13.0. The van der Waals surface area contributed by atoms with Gasteiger partial charge in [0.15, 0.2) is 5.78 Å². The van der Waals surface area contributed by atoms with Gasteiger partial charge in [0.25, 0.3) is 0 Å². The molecule has 0 amide bonds. The third kappa shape index (κ3) is 3.58. The van der Waals surface area contributed by atoms with E-state index in [0.29, 0.717) is 17.6 Å². The Kier molecular flexibility index (Phi) is 5.25. The van der Waals surface area contributed by atoms with Gasteiger partial charge in [-0.05, 0) is 63.1 Å². The zero-order valence-electron chi connectivity index (χ0n) is 16.3. The lowest BCUT2D eigenvalue weighted by atomic mass is 9.75. The summed E-state index contributed by atoms with van der Waals surface area (Å²) >= 11 is 0. The quantitative estimate of drug-likeness (QED) is 0.766. The molecule has 1 aliphatic heterocycles. The van der Waals surface area contributed by atoms with Crippen LogP contribution in [0.5, 0.6) is 5.75 Å². The Morgan fingerprint density at radius 1 is 1.07 bits per heavy atom. The van der Waals surface area contributed by atoms with Crippen molar-refractivity contribution < 1.29 is 19.4 Å². The van der Waals surface area contributed by atoms with Gasteiger partial charge in [0.2, 0.25) is 0 Å². The molecule has 148 valence electrons. The number of hydrogen-bond donors (Lipinski definition) is 2. The van der Waals surface area contributed by atoms with Gasteiger partial charge in [-0.3, -0.25) is 4.79 Å². The van der Waals surface area contributed by atoms with Gasteiger partial charge in [-0.25, -0.2) is 4.79 Å². The van der Waals surface area contributed by atoms with E-state index in [1.165, 1.54) is 6.42 Å². The Labute approximate surface area is 165 Å². The number of ketones is 1. The minimum Gasteiger partial charge on any atom is -0.508 e. The van der Waals surface area contributed by atoms with E-state index in [2.05, 4.69) is 5.32 Å². The van der Waals surface area contributed by atoms with E-state index < -0.39 is 5.92 Å². The van der Waals surface area contributed by atoms with Crippen molar-refractivity contribution in [1.82, 2.24) is 5.32 Å². The summed E-state index contributed by atoms with van der Waals surface area (Å²) in [4.78, 5) is 26.0. The smallest absolute Gasteiger partial charge is 0.337 e. The van der Waals surface area contributed by atoms with Gasteiger partial charge < -0.3 is 15.2 Å². The Bertz CT molecular complexity index is 844. The summed E-state index contributed by atoms with van der Waals surface area (Å²) < 4.78 is 5.87. The van der Waals surface area contributed by atoms with Crippen molar-refractivity contribution >= 4 is 11.8 Å². The number of nitrogens with one attached hydrogen (secondary N) is 1. The van der Waals surface area contributed by atoms with Gasteiger partial charge in [-0.15, -0.1) is 0 Å². The second kappa shape index (κ2) is 7.82. The number of allylic oxidation sites excluding steroid dienone is 3. The van der Waals surface area contributed by atoms with Crippen LogP contribution in [0.25, 0.3) is 0 Å². The number of phenols is 1. The van der Waals surface area contributed by atoms with Crippen LogP contribution in [0.15, 0.2) is 46.8 Å². The molecule has 28 heavy (non-hydrogen) atoms. The van der Waals surface area contributed by atoms with Crippen LogP contribution in [0.2, 0.25) is 0 Å². The van der Waals surface area contributed by atoms with Crippen molar-refractivity contribution in [2.24, 2.45) is 0 Å². The van der Waals surface area contributed by atoms with E-state index in [9.17, 15) is 14.7 Å². The van der Waals surface area contributed by atoms with Crippen LogP contribution in [0.1, 0.15) is 69.8 Å². The van der Waals surface area contributed by atoms with Gasteiger partial charge in [-0.2, -0.15) is 0 Å². The fourth-order valence-electron chi connectivity index (χ4n) is 4.65. The molecule has 1 heterocycles. The molecule has 2 N–H and O–H groups in total. The van der Waals surface area contributed by atoms with Crippen LogP contribution < -0.4 is 5.32 Å². The molecule has 0 aromatic heterocycles. The number of carbonyl (C=O) groups is 2. The third-order valence-electron chi connectivity index (χ3n) is 6.05. The van der Waals surface area contributed by atoms with Crippen molar-refractivity contribution in [3.05, 3.63) is 52.4 Å². The Hall–Kier alpha value is -2.56. The molecule has 0 unspecified atom stereocenters. The fourth-order valence-corrected chi connectivity index (χ4v) is 4.65. The first-order valence-electron chi connectivity index (χ1n) is 10.3. The van der Waals surface area contributed by atoms with E-state index in [1.54, 1.807) is 24.3 Å². The minimum atomic E-state index is -0.444. The van der Waals surface area contributed by atoms with Gasteiger partial charge in [-0.1, -0.05) is 18.6 Å². The monoisotopic (exact) mass is 381 g/mol. The molecule has 0 spiro atoms. The molecule has 5 nitrogen and oxygen atoms in total. The minimum absolute atomic E-state index is 0.0422. The van der Waals surface area contributed by atoms with Crippen LogP contribution in [0.3, 0.4) is 0 Å². The highest BCUT2D eigenvalue weighted by Gasteiger charge is 2.39. The number of esters is 1. The van der Waals surface area contributed by atoms with E-state index in [-0.39, 0.29) is 23.6 Å². The van der Waals surface area contributed by atoms with Crippen LogP contribution in [-0.4, -0.2) is 23.0 Å². The fraction of sp³-hybridized carbons (Fsp3) is 0.478. The Morgan fingerprint density at radius 3 is 2.50 bits per heavy atom. The highest BCUT2D eigenvalue weighted by molar-refractivity contribution is 6.03. The van der Waals surface area contributed by atoms with E-state index >= 15 is 0 Å². The number of Topliss-reactive ketones (excluding diaryl/α,β-unsaturated/α-hetero) is 1.